The van der Waals surface area contributed by atoms with Gasteiger partial charge in [0.05, 0.1) is 0 Å². The Morgan fingerprint density at radius 1 is 0.889 bits per heavy atom. The molecule has 3 nitrogen and oxygen atoms in total. The third-order valence-electron chi connectivity index (χ3n) is 0. The van der Waals surface area contributed by atoms with Crippen molar-refractivity contribution in [3.8, 4) is 0 Å². The van der Waals surface area contributed by atoms with Gasteiger partial charge in [0.1, 0.15) is 0 Å². The molecule has 0 aliphatic heterocycles. The van der Waals surface area contributed by atoms with Gasteiger partial charge in [-0.3, -0.25) is 0 Å². The van der Waals surface area contributed by atoms with Crippen molar-refractivity contribution in [2.45, 2.75) is 0 Å². The summed E-state index contributed by atoms with van der Waals surface area (Å²) in [7, 11) is 0. The van der Waals surface area contributed by atoms with Gasteiger partial charge in [-0.05, 0) is 0 Å². The van der Waals surface area contributed by atoms with Crippen molar-refractivity contribution in [1.82, 2.24) is 0 Å². The molecule has 9 heteroatoms. The van der Waals surface area contributed by atoms with Crippen molar-refractivity contribution >= 4 is 0 Å². The van der Waals surface area contributed by atoms with Crippen LogP contribution in [-0.4, -0.2) is 4.03 Å². The molecule has 0 heterocycles. The second kappa shape index (κ2) is 29.9. The van der Waals surface area contributed by atoms with Gasteiger partial charge in [0.15, 0.2) is 0 Å². The summed E-state index contributed by atoms with van der Waals surface area (Å²) in [6.07, 6.45) is 0. The van der Waals surface area contributed by atoms with Crippen molar-refractivity contribution < 1.29 is 291 Å². The maximum absolute atomic E-state index is 8.67. The molecule has 0 saturated carbocycles. The van der Waals surface area contributed by atoms with Crippen LogP contribution in [0.25, 0.3) is 0 Å². The van der Waals surface area contributed by atoms with Crippen molar-refractivity contribution in [2.24, 2.45) is 0 Å². The molecular weight excluding hydrogens is 294 g/mol. The first kappa shape index (κ1) is 36.0. The summed E-state index contributed by atoms with van der Waals surface area (Å²) in [5.41, 5.74) is 0. The monoisotopic (exact) mass is 300 g/mol. The fourth-order valence-electron chi connectivity index (χ4n) is 0. The minimum absolute atomic E-state index is 0. The van der Waals surface area contributed by atoms with Gasteiger partial charge in [-0.15, -0.1) is 0 Å². The topological polar surface area (TPSA) is 54.4 Å². The van der Waals surface area contributed by atoms with Gasteiger partial charge >= 0.3 is 284 Å². The van der Waals surface area contributed by atoms with E-state index in [-0.39, 0.29) is 264 Å². The second-order valence-corrected chi connectivity index (χ2v) is 0.981. The Kier molecular flexibility index (Phi) is 120. The Balaban J connectivity index is -0.000000001000. The predicted molar refractivity (Wildman–Crippen MR) is 9.15 cm³/mol. The number of hydrogen-bond donors (Lipinski definition) is 1. The van der Waals surface area contributed by atoms with E-state index in [4.69, 9.17) is 11.4 Å². The van der Waals surface area contributed by atoms with Crippen LogP contribution in [0.15, 0.2) is 0 Å². The van der Waals surface area contributed by atoms with E-state index in [1.807, 2.05) is 0 Å². The summed E-state index contributed by atoms with van der Waals surface area (Å²) < 4.78 is 24.4. The molecular formula is H6K5O3V. The zero-order valence-corrected chi connectivity index (χ0v) is 23.7. The van der Waals surface area contributed by atoms with Crippen LogP contribution in [0.2, 0.25) is 0 Å². The Labute approximate surface area is 280 Å². The summed E-state index contributed by atoms with van der Waals surface area (Å²) in [6, 6.07) is 0. The second-order valence-electron chi connectivity index (χ2n) is 0.238. The number of rotatable bonds is 0. The van der Waals surface area contributed by atoms with Gasteiger partial charge < -0.3 is 7.13 Å². The first-order valence-corrected chi connectivity index (χ1v) is 2.33. The Hall–Kier alpha value is 8.33. The normalized spacial score (nSPS) is 2.78. The molecule has 0 aromatic heterocycles. The van der Waals surface area contributed by atoms with Crippen LogP contribution in [0.5, 0.6) is 0 Å². The van der Waals surface area contributed by atoms with Crippen molar-refractivity contribution in [3.05, 3.63) is 0 Å². The molecule has 0 aromatic rings. The summed E-state index contributed by atoms with van der Waals surface area (Å²) in [5.74, 6) is 0. The van der Waals surface area contributed by atoms with E-state index in [0.29, 0.717) is 0 Å². The number of hydrogen-bond acceptors (Lipinski definition) is 2. The van der Waals surface area contributed by atoms with Crippen LogP contribution < -0.4 is 257 Å². The van der Waals surface area contributed by atoms with Gasteiger partial charge in [0.25, 0.3) is 0 Å². The van der Waals surface area contributed by atoms with Crippen LogP contribution in [0, 0.1) is 0 Å². The first-order valence-electron chi connectivity index (χ1n) is 0.565. The maximum atomic E-state index is 8.67. The van der Waals surface area contributed by atoms with E-state index in [0.717, 1.165) is 0 Å². The SMILES string of the molecule is [H-].[H-].[H-].[H-].[H-].[K+].[K+].[K+].[K+].[K+].[O]=[V](=[O])[OH]. The summed E-state index contributed by atoms with van der Waals surface area (Å²) in [4.78, 5) is 0. The molecule has 0 rings (SSSR count). The average Bonchev–Trinajstić information content (AvgIpc) is 0.811. The third kappa shape index (κ3) is 48.3. The van der Waals surface area contributed by atoms with E-state index in [1.54, 1.807) is 0 Å². The van der Waals surface area contributed by atoms with E-state index in [2.05, 4.69) is 0 Å². The van der Waals surface area contributed by atoms with Crippen molar-refractivity contribution in [2.75, 3.05) is 0 Å². The fourth-order valence-corrected chi connectivity index (χ4v) is 0. The van der Waals surface area contributed by atoms with Gasteiger partial charge in [0.2, 0.25) is 0 Å². The van der Waals surface area contributed by atoms with Gasteiger partial charge in [-0.25, -0.2) is 0 Å². The van der Waals surface area contributed by atoms with E-state index in [9.17, 15) is 0 Å². The molecule has 0 atom stereocenters. The van der Waals surface area contributed by atoms with E-state index >= 15 is 0 Å². The standard InChI is InChI=1S/5K.H2O.2O.V.5H/h;;;;;1H2;;;;;;;;/q5*+1;;;;+1;5*-1/p-1. The molecule has 0 saturated heterocycles. The molecule has 0 aliphatic carbocycles. The molecule has 34 valence electrons. The average molecular weight is 300 g/mol. The summed E-state index contributed by atoms with van der Waals surface area (Å²) in [6.45, 7) is 0. The van der Waals surface area contributed by atoms with Crippen molar-refractivity contribution in [3.63, 3.8) is 0 Å². The molecule has 0 aromatic carbocycles. The van der Waals surface area contributed by atoms with Crippen LogP contribution in [0.1, 0.15) is 7.13 Å². The third-order valence-corrected chi connectivity index (χ3v) is 0. The van der Waals surface area contributed by atoms with Crippen LogP contribution in [0.4, 0.5) is 0 Å². The molecule has 0 bridgehead atoms. The van der Waals surface area contributed by atoms with Gasteiger partial charge in [0, 0.05) is 0 Å². The van der Waals surface area contributed by atoms with Gasteiger partial charge in [-0.2, -0.15) is 0 Å². The predicted octanol–water partition coefficient (Wildman–Crippen LogP) is -15.2. The zero-order valence-electron chi connectivity index (χ0n) is 11.7. The van der Waals surface area contributed by atoms with Gasteiger partial charge in [-0.1, -0.05) is 0 Å². The van der Waals surface area contributed by atoms with Crippen LogP contribution >= 0.6 is 0 Å². The molecule has 0 aliphatic rings. The van der Waals surface area contributed by atoms with E-state index < -0.39 is 15.4 Å². The van der Waals surface area contributed by atoms with Crippen LogP contribution in [0.3, 0.4) is 0 Å². The molecule has 9 heavy (non-hydrogen) atoms. The molecule has 0 spiro atoms. The summed E-state index contributed by atoms with van der Waals surface area (Å²) in [5, 5.41) is 0. The van der Waals surface area contributed by atoms with Crippen LogP contribution in [-0.2, 0) is 22.7 Å². The summed E-state index contributed by atoms with van der Waals surface area (Å²) >= 11 is -3.69. The Morgan fingerprint density at radius 2 is 0.889 bits per heavy atom. The Bertz CT molecular complexity index is 73.8. The quantitative estimate of drug-likeness (QED) is 0.452. The van der Waals surface area contributed by atoms with Crippen molar-refractivity contribution in [1.29, 1.82) is 0 Å². The Morgan fingerprint density at radius 3 is 0.889 bits per heavy atom. The molecule has 1 N–H and O–H groups in total. The van der Waals surface area contributed by atoms with E-state index in [1.165, 1.54) is 0 Å². The molecule has 0 fully saturated rings. The fraction of sp³-hybridized carbons (Fsp3) is 0. The minimum atomic E-state index is -3.69. The molecule has 0 radical (unpaired) electrons. The zero-order chi connectivity index (χ0) is 3.58. The first-order chi connectivity index (χ1) is 1.73. The molecule has 0 amide bonds. The molecule has 0 unspecified atom stereocenters.